The Kier molecular flexibility index (Phi) is 6.19. The van der Waals surface area contributed by atoms with Crippen molar-refractivity contribution in [2.24, 2.45) is 17.6 Å². The Balaban J connectivity index is 0.00000225. The van der Waals surface area contributed by atoms with E-state index in [9.17, 15) is 9.59 Å². The highest BCUT2D eigenvalue weighted by atomic mass is 35.5. The number of rotatable bonds is 6. The molecule has 2 aromatic rings. The maximum Gasteiger partial charge on any atom is 0.274 e. The Morgan fingerprint density at radius 1 is 1.32 bits per heavy atom. The average Bonchev–Trinajstić information content (AvgIpc) is 3.39. The van der Waals surface area contributed by atoms with Gasteiger partial charge >= 0.3 is 0 Å². The molecular weight excluding hydrogens is 340 g/mol. The van der Waals surface area contributed by atoms with E-state index >= 15 is 0 Å². The molecule has 1 amide bonds. The molecule has 0 bridgehead atoms. The standard InChI is InChI=1S/C18H24N4O2.ClH/c1-11(2)10-22-18(24)14-6-4-3-5-13(14)16(21-22)17(23)20-9-15(19)12-7-8-12;/h3-6,11-12,15H,7-10,19H2,1-2H3,(H,20,23);1H. The van der Waals surface area contributed by atoms with Crippen molar-refractivity contribution in [3.63, 3.8) is 0 Å². The van der Waals surface area contributed by atoms with Crippen molar-refractivity contribution in [3.8, 4) is 0 Å². The normalized spacial score (nSPS) is 15.0. The lowest BCUT2D eigenvalue weighted by atomic mass is 10.1. The third kappa shape index (κ3) is 4.38. The highest BCUT2D eigenvalue weighted by molar-refractivity contribution is 6.04. The Bertz CT molecular complexity index is 814. The van der Waals surface area contributed by atoms with E-state index in [1.165, 1.54) is 4.68 Å². The Hall–Kier alpha value is -1.92. The molecule has 0 saturated heterocycles. The fourth-order valence-corrected chi connectivity index (χ4v) is 2.86. The van der Waals surface area contributed by atoms with Crippen LogP contribution in [0.5, 0.6) is 0 Å². The minimum Gasteiger partial charge on any atom is -0.349 e. The van der Waals surface area contributed by atoms with Crippen LogP contribution in [-0.4, -0.2) is 28.3 Å². The number of halogens is 1. The van der Waals surface area contributed by atoms with Gasteiger partial charge in [0.25, 0.3) is 11.5 Å². The van der Waals surface area contributed by atoms with Crippen molar-refractivity contribution in [2.75, 3.05) is 6.54 Å². The van der Waals surface area contributed by atoms with Crippen LogP contribution in [-0.2, 0) is 6.54 Å². The van der Waals surface area contributed by atoms with Gasteiger partial charge in [-0.15, -0.1) is 12.4 Å². The summed E-state index contributed by atoms with van der Waals surface area (Å²) in [6.45, 7) is 4.93. The largest absolute Gasteiger partial charge is 0.349 e. The molecule has 1 aliphatic rings. The molecule has 1 aromatic heterocycles. The van der Waals surface area contributed by atoms with Gasteiger partial charge in [0.15, 0.2) is 5.69 Å². The van der Waals surface area contributed by atoms with E-state index in [-0.39, 0.29) is 41.5 Å². The topological polar surface area (TPSA) is 90.0 Å². The molecule has 1 atom stereocenters. The minimum atomic E-state index is -0.278. The van der Waals surface area contributed by atoms with Crippen LogP contribution in [0.25, 0.3) is 10.8 Å². The summed E-state index contributed by atoms with van der Waals surface area (Å²) in [7, 11) is 0. The number of nitrogens with zero attached hydrogens (tertiary/aromatic N) is 2. The molecule has 0 radical (unpaired) electrons. The summed E-state index contributed by atoms with van der Waals surface area (Å²) in [6, 6.07) is 7.10. The molecule has 3 N–H and O–H groups in total. The maximum absolute atomic E-state index is 12.6. The Labute approximate surface area is 153 Å². The zero-order chi connectivity index (χ0) is 17.3. The zero-order valence-corrected chi connectivity index (χ0v) is 15.4. The summed E-state index contributed by atoms with van der Waals surface area (Å²) >= 11 is 0. The molecule has 7 heteroatoms. The SMILES string of the molecule is CC(C)Cn1nc(C(=O)NCC(N)C2CC2)c2ccccc2c1=O.Cl. The van der Waals surface area contributed by atoms with E-state index in [2.05, 4.69) is 10.4 Å². The molecule has 1 aromatic carbocycles. The van der Waals surface area contributed by atoms with Crippen LogP contribution in [0.3, 0.4) is 0 Å². The summed E-state index contributed by atoms with van der Waals surface area (Å²) in [5.74, 6) is 0.500. The first-order valence-corrected chi connectivity index (χ1v) is 8.51. The van der Waals surface area contributed by atoms with Gasteiger partial charge in [0.1, 0.15) is 0 Å². The lowest BCUT2D eigenvalue weighted by molar-refractivity contribution is 0.0944. The predicted molar refractivity (Wildman–Crippen MR) is 101 cm³/mol. The fraction of sp³-hybridized carbons (Fsp3) is 0.500. The van der Waals surface area contributed by atoms with E-state index < -0.39 is 0 Å². The van der Waals surface area contributed by atoms with Crippen molar-refractivity contribution in [3.05, 3.63) is 40.3 Å². The van der Waals surface area contributed by atoms with Crippen LogP contribution < -0.4 is 16.6 Å². The summed E-state index contributed by atoms with van der Waals surface area (Å²) in [5.41, 5.74) is 6.17. The average molecular weight is 365 g/mol. The summed E-state index contributed by atoms with van der Waals surface area (Å²) < 4.78 is 1.39. The number of benzene rings is 1. The van der Waals surface area contributed by atoms with Crippen LogP contribution in [0.1, 0.15) is 37.2 Å². The monoisotopic (exact) mass is 364 g/mol. The van der Waals surface area contributed by atoms with Gasteiger partial charge in [0, 0.05) is 24.5 Å². The number of amides is 1. The molecule has 3 rings (SSSR count). The second kappa shape index (κ2) is 7.97. The van der Waals surface area contributed by atoms with E-state index in [0.29, 0.717) is 29.8 Å². The number of carbonyl (C=O) groups excluding carboxylic acids is 1. The first-order valence-electron chi connectivity index (χ1n) is 8.51. The first kappa shape index (κ1) is 19.4. The van der Waals surface area contributed by atoms with Crippen LogP contribution in [0.2, 0.25) is 0 Å². The quantitative estimate of drug-likeness (QED) is 0.819. The van der Waals surface area contributed by atoms with Gasteiger partial charge in [-0.2, -0.15) is 5.10 Å². The lowest BCUT2D eigenvalue weighted by Gasteiger charge is -2.14. The zero-order valence-electron chi connectivity index (χ0n) is 14.6. The predicted octanol–water partition coefficient (Wildman–Crippen LogP) is 1.94. The molecule has 6 nitrogen and oxygen atoms in total. The van der Waals surface area contributed by atoms with Gasteiger partial charge in [0.2, 0.25) is 0 Å². The number of aromatic nitrogens is 2. The van der Waals surface area contributed by atoms with Crippen molar-refractivity contribution in [1.29, 1.82) is 0 Å². The van der Waals surface area contributed by atoms with Gasteiger partial charge in [0.05, 0.1) is 5.39 Å². The molecule has 136 valence electrons. The van der Waals surface area contributed by atoms with Crippen LogP contribution in [0.4, 0.5) is 0 Å². The van der Waals surface area contributed by atoms with E-state index in [1.54, 1.807) is 18.2 Å². The van der Waals surface area contributed by atoms with Gasteiger partial charge in [-0.05, 0) is 30.7 Å². The Morgan fingerprint density at radius 3 is 2.56 bits per heavy atom. The van der Waals surface area contributed by atoms with E-state index in [1.807, 2.05) is 19.9 Å². The van der Waals surface area contributed by atoms with Crippen molar-refractivity contribution >= 4 is 29.1 Å². The van der Waals surface area contributed by atoms with Crippen LogP contribution in [0.15, 0.2) is 29.1 Å². The third-order valence-electron chi connectivity index (χ3n) is 4.35. The third-order valence-corrected chi connectivity index (χ3v) is 4.35. The van der Waals surface area contributed by atoms with Crippen LogP contribution in [0, 0.1) is 11.8 Å². The lowest BCUT2D eigenvalue weighted by Crippen LogP contribution is -2.39. The van der Waals surface area contributed by atoms with Crippen molar-refractivity contribution < 1.29 is 4.79 Å². The number of nitrogens with one attached hydrogen (secondary N) is 1. The highest BCUT2D eigenvalue weighted by Gasteiger charge is 2.29. The summed E-state index contributed by atoms with van der Waals surface area (Å²) in [6.07, 6.45) is 2.27. The molecule has 1 heterocycles. The van der Waals surface area contributed by atoms with E-state index in [0.717, 1.165) is 12.8 Å². The smallest absolute Gasteiger partial charge is 0.274 e. The Morgan fingerprint density at radius 2 is 1.96 bits per heavy atom. The van der Waals surface area contributed by atoms with E-state index in [4.69, 9.17) is 5.73 Å². The summed E-state index contributed by atoms with van der Waals surface area (Å²) in [5, 5.41) is 8.30. The molecule has 1 unspecified atom stereocenters. The van der Waals surface area contributed by atoms with Gasteiger partial charge in [-0.3, -0.25) is 9.59 Å². The van der Waals surface area contributed by atoms with Crippen LogP contribution >= 0.6 is 12.4 Å². The van der Waals surface area contributed by atoms with Crippen molar-refractivity contribution in [2.45, 2.75) is 39.3 Å². The number of hydrogen-bond acceptors (Lipinski definition) is 4. The molecular formula is C18H25ClN4O2. The number of hydrogen-bond donors (Lipinski definition) is 2. The van der Waals surface area contributed by atoms with Crippen molar-refractivity contribution in [1.82, 2.24) is 15.1 Å². The van der Waals surface area contributed by atoms with Gasteiger partial charge in [-0.1, -0.05) is 32.0 Å². The second-order valence-electron chi connectivity index (χ2n) is 6.99. The highest BCUT2D eigenvalue weighted by Crippen LogP contribution is 2.31. The molecule has 1 aliphatic carbocycles. The number of carbonyl (C=O) groups is 1. The number of nitrogens with two attached hydrogens (primary N) is 1. The maximum atomic E-state index is 12.6. The van der Waals surface area contributed by atoms with Gasteiger partial charge in [-0.25, -0.2) is 4.68 Å². The second-order valence-corrected chi connectivity index (χ2v) is 6.99. The molecule has 25 heavy (non-hydrogen) atoms. The molecule has 1 fully saturated rings. The summed E-state index contributed by atoms with van der Waals surface area (Å²) in [4.78, 5) is 25.2. The minimum absolute atomic E-state index is 0. The van der Waals surface area contributed by atoms with Gasteiger partial charge < -0.3 is 11.1 Å². The fourth-order valence-electron chi connectivity index (χ4n) is 2.86. The molecule has 0 spiro atoms. The molecule has 0 aliphatic heterocycles. The molecule has 1 saturated carbocycles. The first-order chi connectivity index (χ1) is 11.5. The number of fused-ring (bicyclic) bond motifs is 1.